The molecule has 0 bridgehead atoms. The van der Waals surface area contributed by atoms with E-state index in [1.54, 1.807) is 30.3 Å². The van der Waals surface area contributed by atoms with Gasteiger partial charge in [0.25, 0.3) is 11.8 Å². The minimum absolute atomic E-state index is 0.0255. The van der Waals surface area contributed by atoms with Crippen molar-refractivity contribution in [1.82, 2.24) is 0 Å². The van der Waals surface area contributed by atoms with E-state index in [0.717, 1.165) is 11.1 Å². The van der Waals surface area contributed by atoms with E-state index in [1.165, 1.54) is 23.1 Å². The van der Waals surface area contributed by atoms with Gasteiger partial charge in [-0.2, -0.15) is 0 Å². The molecular weight excluding hydrogens is 516 g/mol. The van der Waals surface area contributed by atoms with Crippen LogP contribution < -0.4 is 10.2 Å². The Morgan fingerprint density at radius 1 is 0.846 bits per heavy atom. The topological polar surface area (TPSA) is 107 Å². The summed E-state index contributed by atoms with van der Waals surface area (Å²) in [5.41, 5.74) is 3.03. The van der Waals surface area contributed by atoms with Crippen molar-refractivity contribution in [1.29, 1.82) is 0 Å². The zero-order chi connectivity index (χ0) is 27.5. The van der Waals surface area contributed by atoms with E-state index in [0.29, 0.717) is 41.2 Å². The fraction of sp³-hybridized carbons (Fsp3) is 0.129. The minimum atomic E-state index is -1.30. The zero-order valence-electron chi connectivity index (χ0n) is 20.8. The van der Waals surface area contributed by atoms with E-state index in [2.05, 4.69) is 5.32 Å². The normalized spacial score (nSPS) is 14.7. The number of carbonyl (C=O) groups excluding carboxylic acids is 2. The molecular formula is C31H25ClN2O5. The number of benzene rings is 4. The van der Waals surface area contributed by atoms with Gasteiger partial charge >= 0.3 is 5.97 Å². The van der Waals surface area contributed by atoms with Crippen LogP contribution in [0.3, 0.4) is 0 Å². The second-order valence-corrected chi connectivity index (χ2v) is 9.69. The molecule has 4 aromatic rings. The highest BCUT2D eigenvalue weighted by molar-refractivity contribution is 6.30. The lowest BCUT2D eigenvalue weighted by Gasteiger charge is -2.24. The van der Waals surface area contributed by atoms with E-state index < -0.39 is 23.9 Å². The summed E-state index contributed by atoms with van der Waals surface area (Å²) in [5.74, 6) is -2.22. The number of aromatic carboxylic acids is 1. The van der Waals surface area contributed by atoms with Gasteiger partial charge in [-0.15, -0.1) is 0 Å². The first kappa shape index (κ1) is 26.2. The lowest BCUT2D eigenvalue weighted by Crippen LogP contribution is -2.33. The van der Waals surface area contributed by atoms with Crippen LogP contribution in [-0.4, -0.2) is 34.5 Å². The maximum absolute atomic E-state index is 13.6. The average Bonchev–Trinajstić information content (AvgIpc) is 3.11. The van der Waals surface area contributed by atoms with Crippen LogP contribution in [-0.2, 0) is 0 Å². The molecule has 0 fully saturated rings. The molecule has 3 N–H and O–H groups in total. The van der Waals surface area contributed by atoms with Crippen molar-refractivity contribution in [3.05, 3.63) is 118 Å². The Morgan fingerprint density at radius 2 is 1.59 bits per heavy atom. The van der Waals surface area contributed by atoms with E-state index in [-0.39, 0.29) is 16.8 Å². The number of hydrogen-bond donors (Lipinski definition) is 3. The number of rotatable bonds is 5. The third-order valence-corrected chi connectivity index (χ3v) is 6.97. The number of aliphatic hydroxyl groups excluding tert-OH is 1. The molecule has 1 unspecified atom stereocenters. The van der Waals surface area contributed by atoms with E-state index in [4.69, 9.17) is 11.6 Å². The Bertz CT molecular complexity index is 1570. The molecule has 1 aliphatic heterocycles. The molecule has 196 valence electrons. The lowest BCUT2D eigenvalue weighted by atomic mass is 9.99. The molecule has 0 aromatic heterocycles. The summed E-state index contributed by atoms with van der Waals surface area (Å²) in [5, 5.41) is 23.7. The van der Waals surface area contributed by atoms with Crippen LogP contribution in [0, 0.1) is 0 Å². The third kappa shape index (κ3) is 5.41. The molecule has 1 atom stereocenters. The van der Waals surface area contributed by atoms with Gasteiger partial charge in [-0.1, -0.05) is 60.1 Å². The molecule has 1 heterocycles. The Hall–Kier alpha value is -4.46. The first-order valence-corrected chi connectivity index (χ1v) is 12.8. The summed E-state index contributed by atoms with van der Waals surface area (Å²) < 4.78 is 0. The average molecular weight is 541 g/mol. The molecule has 39 heavy (non-hydrogen) atoms. The maximum atomic E-state index is 13.6. The van der Waals surface area contributed by atoms with E-state index in [1.807, 2.05) is 42.5 Å². The standard InChI is InChI=1S/C31H25ClN2O5/c32-20-12-15-27-26(17-20)28(35)11-6-16-34(27)30(37)24-14-13-21(18-25(24)31(38)39)33-29(36)23-10-5-4-9-22(23)19-7-2-1-3-8-19/h1-5,7-10,12-15,17-18,28,35H,6,11,16H2,(H,33,36)(H,38,39). The number of carbonyl (C=O) groups is 3. The molecule has 0 radical (unpaired) electrons. The Balaban J connectivity index is 1.46. The first-order chi connectivity index (χ1) is 18.8. The van der Waals surface area contributed by atoms with E-state index in [9.17, 15) is 24.6 Å². The summed E-state index contributed by atoms with van der Waals surface area (Å²) in [4.78, 5) is 40.6. The highest BCUT2D eigenvalue weighted by Gasteiger charge is 2.29. The van der Waals surface area contributed by atoms with Gasteiger partial charge in [-0.05, 0) is 66.4 Å². The zero-order valence-corrected chi connectivity index (χ0v) is 21.6. The van der Waals surface area contributed by atoms with Gasteiger partial charge in [0.15, 0.2) is 0 Å². The Morgan fingerprint density at radius 3 is 2.36 bits per heavy atom. The predicted octanol–water partition coefficient (Wildman–Crippen LogP) is 6.43. The summed E-state index contributed by atoms with van der Waals surface area (Å²) in [7, 11) is 0. The quantitative estimate of drug-likeness (QED) is 0.270. The fourth-order valence-corrected chi connectivity index (χ4v) is 5.03. The number of carboxylic acids is 1. The number of nitrogens with one attached hydrogen (secondary N) is 1. The smallest absolute Gasteiger partial charge is 0.336 e. The number of fused-ring (bicyclic) bond motifs is 1. The highest BCUT2D eigenvalue weighted by Crippen LogP contribution is 2.36. The van der Waals surface area contributed by atoms with Gasteiger partial charge in [-0.3, -0.25) is 9.59 Å². The van der Waals surface area contributed by atoms with Gasteiger partial charge in [0.1, 0.15) is 0 Å². The number of carboxylic acid groups (broad SMARTS) is 1. The van der Waals surface area contributed by atoms with Crippen LogP contribution in [0.4, 0.5) is 11.4 Å². The van der Waals surface area contributed by atoms with Crippen LogP contribution >= 0.6 is 11.6 Å². The third-order valence-electron chi connectivity index (χ3n) is 6.74. The van der Waals surface area contributed by atoms with Gasteiger partial charge in [0, 0.05) is 34.1 Å². The summed E-state index contributed by atoms with van der Waals surface area (Å²) in [6.07, 6.45) is 0.182. The van der Waals surface area contributed by atoms with Crippen molar-refractivity contribution in [2.24, 2.45) is 0 Å². The summed E-state index contributed by atoms with van der Waals surface area (Å²) >= 11 is 6.13. The molecule has 0 spiro atoms. The monoisotopic (exact) mass is 540 g/mol. The van der Waals surface area contributed by atoms with Crippen molar-refractivity contribution in [2.75, 3.05) is 16.8 Å². The van der Waals surface area contributed by atoms with Gasteiger partial charge in [-0.25, -0.2) is 4.79 Å². The SMILES string of the molecule is O=C(O)c1cc(NC(=O)c2ccccc2-c2ccccc2)ccc1C(=O)N1CCCC(O)c2cc(Cl)ccc21. The van der Waals surface area contributed by atoms with Crippen LogP contribution in [0.5, 0.6) is 0 Å². The molecule has 2 amide bonds. The number of amides is 2. The molecule has 5 rings (SSSR count). The number of halogens is 1. The summed E-state index contributed by atoms with van der Waals surface area (Å²) in [6, 6.07) is 25.7. The molecule has 7 nitrogen and oxygen atoms in total. The van der Waals surface area contributed by atoms with Crippen molar-refractivity contribution in [2.45, 2.75) is 18.9 Å². The van der Waals surface area contributed by atoms with Crippen LogP contribution in [0.25, 0.3) is 11.1 Å². The van der Waals surface area contributed by atoms with Gasteiger partial charge in [0.05, 0.1) is 17.2 Å². The van der Waals surface area contributed by atoms with Gasteiger partial charge in [0.2, 0.25) is 0 Å². The number of aliphatic hydroxyl groups is 1. The molecule has 4 aromatic carbocycles. The maximum Gasteiger partial charge on any atom is 0.336 e. The van der Waals surface area contributed by atoms with Crippen molar-refractivity contribution in [3.8, 4) is 11.1 Å². The molecule has 0 aliphatic carbocycles. The number of nitrogens with zero attached hydrogens (tertiary/aromatic N) is 1. The lowest BCUT2D eigenvalue weighted by molar-refractivity contribution is 0.0691. The van der Waals surface area contributed by atoms with E-state index >= 15 is 0 Å². The Labute approximate surface area is 230 Å². The van der Waals surface area contributed by atoms with Crippen LogP contribution in [0.1, 0.15) is 55.6 Å². The molecule has 0 saturated carbocycles. The van der Waals surface area contributed by atoms with Crippen LogP contribution in [0.15, 0.2) is 91.0 Å². The fourth-order valence-electron chi connectivity index (χ4n) is 4.85. The highest BCUT2D eigenvalue weighted by atomic mass is 35.5. The van der Waals surface area contributed by atoms with Gasteiger partial charge < -0.3 is 20.4 Å². The van der Waals surface area contributed by atoms with Crippen molar-refractivity contribution < 1.29 is 24.6 Å². The Kier molecular flexibility index (Phi) is 7.45. The molecule has 1 aliphatic rings. The molecule has 8 heteroatoms. The minimum Gasteiger partial charge on any atom is -0.478 e. The van der Waals surface area contributed by atoms with Crippen molar-refractivity contribution >= 4 is 40.8 Å². The summed E-state index contributed by atoms with van der Waals surface area (Å²) in [6.45, 7) is 0.304. The predicted molar refractivity (Wildman–Crippen MR) is 151 cm³/mol. The largest absolute Gasteiger partial charge is 0.478 e. The first-order valence-electron chi connectivity index (χ1n) is 12.5. The van der Waals surface area contributed by atoms with Crippen molar-refractivity contribution in [3.63, 3.8) is 0 Å². The number of hydrogen-bond acceptors (Lipinski definition) is 4. The van der Waals surface area contributed by atoms with Crippen LogP contribution in [0.2, 0.25) is 5.02 Å². The second kappa shape index (κ2) is 11.1. The molecule has 0 saturated heterocycles. The second-order valence-electron chi connectivity index (χ2n) is 9.25. The number of anilines is 2.